The van der Waals surface area contributed by atoms with Crippen molar-refractivity contribution in [1.82, 2.24) is 14.9 Å². The average molecular weight is 659 g/mol. The highest BCUT2D eigenvalue weighted by Gasteiger charge is 2.32. The van der Waals surface area contributed by atoms with E-state index in [1.54, 1.807) is 57.2 Å². The Balaban J connectivity index is 1.23. The molecule has 4 aromatic rings. The number of para-hydroxylation sites is 1. The Hall–Kier alpha value is -5.50. The number of ether oxygens (including phenoxy) is 2. The maximum absolute atomic E-state index is 13.4. The monoisotopic (exact) mass is 658 g/mol. The van der Waals surface area contributed by atoms with Crippen molar-refractivity contribution in [2.75, 3.05) is 4.72 Å². The summed E-state index contributed by atoms with van der Waals surface area (Å²) in [7, 11) is -4.15. The topological polar surface area (TPSA) is 184 Å². The van der Waals surface area contributed by atoms with Crippen LogP contribution in [0.25, 0.3) is 0 Å². The number of amides is 2. The molecule has 0 fully saturated rings. The van der Waals surface area contributed by atoms with Crippen molar-refractivity contribution in [3.05, 3.63) is 112 Å². The number of carbonyl (C=O) groups is 2. The summed E-state index contributed by atoms with van der Waals surface area (Å²) in [6.45, 7) is 5.32. The van der Waals surface area contributed by atoms with E-state index in [0.29, 0.717) is 35.7 Å². The number of aromatic nitrogens is 2. The lowest BCUT2D eigenvalue weighted by molar-refractivity contribution is -0.124. The van der Waals surface area contributed by atoms with Gasteiger partial charge in [0.25, 0.3) is 15.6 Å². The normalized spacial score (nSPS) is 14.6. The van der Waals surface area contributed by atoms with Crippen molar-refractivity contribution in [2.45, 2.75) is 56.7 Å². The third-order valence-electron chi connectivity index (χ3n) is 7.00. The molecule has 1 aliphatic heterocycles. The van der Waals surface area contributed by atoms with Crippen molar-refractivity contribution < 1.29 is 27.5 Å². The summed E-state index contributed by atoms with van der Waals surface area (Å²) < 4.78 is 40.7. The van der Waals surface area contributed by atoms with Crippen LogP contribution >= 0.6 is 0 Å². The number of nitrogens with zero attached hydrogens (tertiary/aromatic N) is 3. The van der Waals surface area contributed by atoms with Crippen molar-refractivity contribution >= 4 is 33.5 Å². The lowest BCUT2D eigenvalue weighted by atomic mass is 10.1. The second-order valence-corrected chi connectivity index (χ2v) is 13.4. The first-order chi connectivity index (χ1) is 22.3. The van der Waals surface area contributed by atoms with Gasteiger partial charge in [-0.1, -0.05) is 42.5 Å². The van der Waals surface area contributed by atoms with Crippen molar-refractivity contribution in [3.8, 4) is 11.5 Å². The maximum atomic E-state index is 13.4. The molecule has 14 heteroatoms. The summed E-state index contributed by atoms with van der Waals surface area (Å²) in [5.74, 6) is 0.990. The quantitative estimate of drug-likeness (QED) is 0.174. The first-order valence-corrected chi connectivity index (χ1v) is 16.2. The van der Waals surface area contributed by atoms with Gasteiger partial charge in [0, 0.05) is 18.5 Å². The Labute approximate surface area is 271 Å². The number of aliphatic imine (C=N–C) groups is 1. The van der Waals surface area contributed by atoms with Gasteiger partial charge < -0.3 is 20.5 Å². The number of aryl methyl sites for hydroxylation is 1. The van der Waals surface area contributed by atoms with E-state index in [-0.39, 0.29) is 23.0 Å². The minimum absolute atomic E-state index is 0.00945. The molecule has 13 nitrogen and oxygen atoms in total. The van der Waals surface area contributed by atoms with Gasteiger partial charge in [0.1, 0.15) is 40.5 Å². The first kappa shape index (κ1) is 32.9. The van der Waals surface area contributed by atoms with E-state index in [1.807, 2.05) is 18.2 Å². The average Bonchev–Trinajstić information content (AvgIpc) is 3.46. The highest BCUT2D eigenvalue weighted by Crippen LogP contribution is 2.26. The molecule has 5 rings (SSSR count). The Bertz CT molecular complexity index is 1970. The third kappa shape index (κ3) is 8.21. The first-order valence-electron chi connectivity index (χ1n) is 14.7. The van der Waals surface area contributed by atoms with Crippen LogP contribution in [0.5, 0.6) is 11.5 Å². The van der Waals surface area contributed by atoms with E-state index in [0.717, 1.165) is 11.8 Å². The van der Waals surface area contributed by atoms with Gasteiger partial charge in [-0.15, -0.1) is 0 Å². The highest BCUT2D eigenvalue weighted by atomic mass is 32.2. The molecule has 0 saturated heterocycles. The van der Waals surface area contributed by atoms with Gasteiger partial charge in [0.2, 0.25) is 5.91 Å². The Morgan fingerprint density at radius 1 is 1.00 bits per heavy atom. The third-order valence-corrected chi connectivity index (χ3v) is 8.39. The van der Waals surface area contributed by atoms with Crippen LogP contribution in [0.3, 0.4) is 0 Å². The fraction of sp³-hybridized carbons (Fsp3) is 0.242. The van der Waals surface area contributed by atoms with Crippen LogP contribution < -0.4 is 26.1 Å². The number of anilines is 1. The van der Waals surface area contributed by atoms with E-state index in [4.69, 9.17) is 15.2 Å². The van der Waals surface area contributed by atoms with E-state index in [1.165, 1.54) is 28.8 Å². The molecule has 2 amide bonds. The minimum Gasteiger partial charge on any atom is -0.457 e. The van der Waals surface area contributed by atoms with Gasteiger partial charge >= 0.3 is 6.09 Å². The SMILES string of the molecule is CC(C)(C)OC(=O)/N=C(/N)c1ccc(CNC(=O)[C@@H]2CCc3ncc(NS(=O)(=O)c4ccc(Oc5ccccc5)cc4)c(=O)n32)cc1. The van der Waals surface area contributed by atoms with Crippen LogP contribution in [-0.2, 0) is 32.5 Å². The zero-order chi connectivity index (χ0) is 33.8. The molecule has 0 saturated carbocycles. The van der Waals surface area contributed by atoms with Crippen LogP contribution in [0.2, 0.25) is 0 Å². The molecule has 0 bridgehead atoms. The smallest absolute Gasteiger partial charge is 0.436 e. The molecule has 1 aliphatic rings. The molecule has 1 atom stereocenters. The fourth-order valence-corrected chi connectivity index (χ4v) is 5.83. The van der Waals surface area contributed by atoms with Crippen LogP contribution in [0.1, 0.15) is 50.2 Å². The maximum Gasteiger partial charge on any atom is 0.436 e. The van der Waals surface area contributed by atoms with Crippen molar-refractivity contribution in [3.63, 3.8) is 0 Å². The van der Waals surface area contributed by atoms with Crippen molar-refractivity contribution in [1.29, 1.82) is 0 Å². The summed E-state index contributed by atoms with van der Waals surface area (Å²) in [5, 5.41) is 2.82. The number of fused-ring (bicyclic) bond motifs is 1. The minimum atomic E-state index is -4.15. The lowest BCUT2D eigenvalue weighted by Gasteiger charge is -2.17. The van der Waals surface area contributed by atoms with Gasteiger partial charge in [-0.05, 0) is 69.2 Å². The number of hydrogen-bond donors (Lipinski definition) is 3. The number of hydrogen-bond acceptors (Lipinski definition) is 8. The summed E-state index contributed by atoms with van der Waals surface area (Å²) in [6, 6.07) is 20.7. The van der Waals surface area contributed by atoms with E-state index >= 15 is 0 Å². The summed E-state index contributed by atoms with van der Waals surface area (Å²) in [6.07, 6.45) is 1.06. The standard InChI is InChI=1S/C33H34N6O7S/c1-33(2,3)46-32(42)37-29(34)22-11-9-21(10-12-22)19-36-30(40)27-17-18-28-35-20-26(31(41)39(27)28)38-47(43,44)25-15-13-24(14-16-25)45-23-7-5-4-6-8-23/h4-16,20,27,38H,17-19H2,1-3H3,(H,36,40)(H2,34,37,42)/t27-/m0/s1. The van der Waals surface area contributed by atoms with Gasteiger partial charge in [-0.2, -0.15) is 4.99 Å². The number of sulfonamides is 1. The van der Waals surface area contributed by atoms with E-state index in [2.05, 4.69) is 20.0 Å². The summed E-state index contributed by atoms with van der Waals surface area (Å²) in [5.41, 5.74) is 5.51. The van der Waals surface area contributed by atoms with Gasteiger partial charge in [-0.25, -0.2) is 18.2 Å². The van der Waals surface area contributed by atoms with Crippen LogP contribution in [0.4, 0.5) is 10.5 Å². The predicted molar refractivity (Wildman–Crippen MR) is 175 cm³/mol. The number of nitrogens with two attached hydrogens (primary N) is 1. The predicted octanol–water partition coefficient (Wildman–Crippen LogP) is 4.28. The molecule has 0 radical (unpaired) electrons. The number of nitrogens with one attached hydrogen (secondary N) is 2. The molecule has 47 heavy (non-hydrogen) atoms. The molecule has 3 aromatic carbocycles. The molecule has 0 aliphatic carbocycles. The highest BCUT2D eigenvalue weighted by molar-refractivity contribution is 7.92. The van der Waals surface area contributed by atoms with Crippen molar-refractivity contribution in [2.24, 2.45) is 10.7 Å². The van der Waals surface area contributed by atoms with E-state index in [9.17, 15) is 22.8 Å². The Morgan fingerprint density at radius 2 is 1.66 bits per heavy atom. The van der Waals surface area contributed by atoms with Gasteiger partial charge in [0.15, 0.2) is 0 Å². The zero-order valence-electron chi connectivity index (χ0n) is 26.0. The molecule has 2 heterocycles. The molecular weight excluding hydrogens is 624 g/mol. The number of benzene rings is 3. The largest absolute Gasteiger partial charge is 0.457 e. The second kappa shape index (κ2) is 13.5. The van der Waals surface area contributed by atoms with E-state index < -0.39 is 39.2 Å². The van der Waals surface area contributed by atoms with Crippen LogP contribution in [0.15, 0.2) is 99.7 Å². The van der Waals surface area contributed by atoms with Crippen LogP contribution in [0, 0.1) is 0 Å². The Morgan fingerprint density at radius 3 is 2.32 bits per heavy atom. The second-order valence-electron chi connectivity index (χ2n) is 11.7. The zero-order valence-corrected chi connectivity index (χ0v) is 26.8. The number of rotatable bonds is 9. The number of amidine groups is 1. The molecular formula is C33H34N6O7S. The summed E-state index contributed by atoms with van der Waals surface area (Å²) >= 11 is 0. The Kier molecular flexibility index (Phi) is 9.42. The molecule has 0 spiro atoms. The van der Waals surface area contributed by atoms with Gasteiger partial charge in [0.05, 0.1) is 11.1 Å². The molecule has 0 unspecified atom stereocenters. The number of carbonyl (C=O) groups excluding carboxylic acids is 2. The fourth-order valence-electron chi connectivity index (χ4n) is 4.79. The molecule has 4 N–H and O–H groups in total. The molecule has 244 valence electrons. The van der Waals surface area contributed by atoms with Crippen LogP contribution in [-0.4, -0.2) is 41.4 Å². The summed E-state index contributed by atoms with van der Waals surface area (Å²) in [4.78, 5) is 46.5. The lowest BCUT2D eigenvalue weighted by Crippen LogP contribution is -2.36. The van der Waals surface area contributed by atoms with Gasteiger partial charge in [-0.3, -0.25) is 18.9 Å². The molecule has 1 aromatic heterocycles.